The molecule has 0 radical (unpaired) electrons. The first-order chi connectivity index (χ1) is 16.7. The van der Waals surface area contributed by atoms with Gasteiger partial charge in [0.05, 0.1) is 19.3 Å². The second-order valence-electron chi connectivity index (χ2n) is 10.4. The van der Waals surface area contributed by atoms with Crippen molar-refractivity contribution in [2.45, 2.75) is 174 Å². The van der Waals surface area contributed by atoms with E-state index < -0.39 is 6.10 Å². The summed E-state index contributed by atoms with van der Waals surface area (Å²) < 4.78 is 5.39. The summed E-state index contributed by atoms with van der Waals surface area (Å²) in [6.45, 7) is 2.76. The summed E-state index contributed by atoms with van der Waals surface area (Å²) in [5.41, 5.74) is 0. The van der Waals surface area contributed by atoms with Crippen LogP contribution < -0.4 is 0 Å². The van der Waals surface area contributed by atoms with E-state index in [0.29, 0.717) is 13.0 Å². The van der Waals surface area contributed by atoms with E-state index in [4.69, 9.17) is 9.84 Å². The standard InChI is InChI=1S/C30H60O4/c1-2-3-4-5-6-7-10-14-17-20-23-26-30(33)34-27-24-21-18-15-12-9-8-11-13-16-19-22-25-29(32)28-31/h29,31-32H,2-28H2,1H3. The van der Waals surface area contributed by atoms with Crippen LogP contribution in [0.5, 0.6) is 0 Å². The number of rotatable bonds is 28. The topological polar surface area (TPSA) is 66.8 Å². The van der Waals surface area contributed by atoms with Gasteiger partial charge in [0.15, 0.2) is 0 Å². The molecule has 0 rings (SSSR count). The fraction of sp³-hybridized carbons (Fsp3) is 0.967. The van der Waals surface area contributed by atoms with Gasteiger partial charge in [0.2, 0.25) is 0 Å². The Morgan fingerprint density at radius 2 is 0.971 bits per heavy atom. The number of carbonyl (C=O) groups excluding carboxylic acids is 1. The average molecular weight is 485 g/mol. The Balaban J connectivity index is 3.16. The number of aliphatic hydroxyl groups excluding tert-OH is 2. The van der Waals surface area contributed by atoms with Crippen LogP contribution in [0.1, 0.15) is 167 Å². The molecule has 4 heteroatoms. The normalized spacial score (nSPS) is 12.2. The second-order valence-corrected chi connectivity index (χ2v) is 10.4. The Bertz CT molecular complexity index is 399. The van der Waals surface area contributed by atoms with E-state index in [1.165, 1.54) is 128 Å². The average Bonchev–Trinajstić information content (AvgIpc) is 2.84. The first-order valence-electron chi connectivity index (χ1n) is 15.1. The maximum Gasteiger partial charge on any atom is 0.305 e. The van der Waals surface area contributed by atoms with Crippen molar-refractivity contribution in [1.82, 2.24) is 0 Å². The fourth-order valence-corrected chi connectivity index (χ4v) is 4.53. The van der Waals surface area contributed by atoms with Gasteiger partial charge in [-0.15, -0.1) is 0 Å². The summed E-state index contributed by atoms with van der Waals surface area (Å²) in [7, 11) is 0. The lowest BCUT2D eigenvalue weighted by Crippen LogP contribution is -2.10. The molecule has 0 saturated carbocycles. The number of unbranched alkanes of at least 4 members (excludes halogenated alkanes) is 21. The molecule has 0 aliphatic heterocycles. The highest BCUT2D eigenvalue weighted by molar-refractivity contribution is 5.69. The quantitative estimate of drug-likeness (QED) is 0.0861. The van der Waals surface area contributed by atoms with Crippen molar-refractivity contribution in [2.24, 2.45) is 0 Å². The minimum Gasteiger partial charge on any atom is -0.466 e. The molecule has 0 aromatic rings. The molecule has 204 valence electrons. The van der Waals surface area contributed by atoms with Gasteiger partial charge < -0.3 is 14.9 Å². The Labute approximate surface area is 212 Å². The van der Waals surface area contributed by atoms with Crippen molar-refractivity contribution in [3.63, 3.8) is 0 Å². The van der Waals surface area contributed by atoms with Crippen LogP contribution >= 0.6 is 0 Å². The monoisotopic (exact) mass is 484 g/mol. The van der Waals surface area contributed by atoms with Gasteiger partial charge in [-0.2, -0.15) is 0 Å². The molecule has 0 fully saturated rings. The van der Waals surface area contributed by atoms with Crippen LogP contribution in [0.3, 0.4) is 0 Å². The van der Waals surface area contributed by atoms with E-state index in [-0.39, 0.29) is 12.6 Å². The van der Waals surface area contributed by atoms with Crippen LogP contribution in [0, 0.1) is 0 Å². The van der Waals surface area contributed by atoms with Crippen LogP contribution in [0.4, 0.5) is 0 Å². The van der Waals surface area contributed by atoms with Crippen molar-refractivity contribution in [2.75, 3.05) is 13.2 Å². The molecule has 1 unspecified atom stereocenters. The van der Waals surface area contributed by atoms with Crippen molar-refractivity contribution in [3.05, 3.63) is 0 Å². The third-order valence-corrected chi connectivity index (χ3v) is 6.89. The van der Waals surface area contributed by atoms with Crippen molar-refractivity contribution in [1.29, 1.82) is 0 Å². The van der Waals surface area contributed by atoms with E-state index >= 15 is 0 Å². The lowest BCUT2D eigenvalue weighted by atomic mass is 10.0. The van der Waals surface area contributed by atoms with Gasteiger partial charge in [0, 0.05) is 6.42 Å². The number of hydrogen-bond donors (Lipinski definition) is 2. The Morgan fingerprint density at radius 3 is 1.41 bits per heavy atom. The van der Waals surface area contributed by atoms with Gasteiger partial charge in [0.1, 0.15) is 0 Å². The summed E-state index contributed by atoms with van der Waals surface area (Å²) in [5, 5.41) is 18.1. The summed E-state index contributed by atoms with van der Waals surface area (Å²) in [5.74, 6) is 0.000462. The van der Waals surface area contributed by atoms with Crippen LogP contribution in [0.25, 0.3) is 0 Å². The van der Waals surface area contributed by atoms with Crippen LogP contribution in [-0.2, 0) is 9.53 Å². The van der Waals surface area contributed by atoms with Gasteiger partial charge in [-0.3, -0.25) is 4.79 Å². The van der Waals surface area contributed by atoms with Crippen molar-refractivity contribution < 1.29 is 19.7 Å². The van der Waals surface area contributed by atoms with E-state index in [1.807, 2.05) is 0 Å². The first kappa shape index (κ1) is 33.4. The molecule has 1 atom stereocenters. The zero-order valence-electron chi connectivity index (χ0n) is 22.9. The predicted octanol–water partition coefficient (Wildman–Crippen LogP) is 8.66. The zero-order valence-corrected chi connectivity index (χ0v) is 22.9. The summed E-state index contributed by atoms with van der Waals surface area (Å²) in [4.78, 5) is 11.8. The molecular formula is C30H60O4. The lowest BCUT2D eigenvalue weighted by molar-refractivity contribution is -0.143. The number of aliphatic hydroxyl groups is 2. The minimum atomic E-state index is -0.522. The summed E-state index contributed by atoms with van der Waals surface area (Å²) in [6, 6.07) is 0. The van der Waals surface area contributed by atoms with Gasteiger partial charge in [-0.05, 0) is 19.3 Å². The predicted molar refractivity (Wildman–Crippen MR) is 145 cm³/mol. The van der Waals surface area contributed by atoms with Crippen molar-refractivity contribution in [3.8, 4) is 0 Å². The number of carbonyl (C=O) groups is 1. The van der Waals surface area contributed by atoms with Crippen molar-refractivity contribution >= 4 is 5.97 Å². The Hall–Kier alpha value is -0.610. The fourth-order valence-electron chi connectivity index (χ4n) is 4.53. The number of hydrogen-bond acceptors (Lipinski definition) is 4. The molecule has 0 saturated heterocycles. The number of esters is 1. The third-order valence-electron chi connectivity index (χ3n) is 6.89. The summed E-state index contributed by atoms with van der Waals surface area (Å²) >= 11 is 0. The molecule has 0 aliphatic rings. The third kappa shape index (κ3) is 27.6. The molecule has 2 N–H and O–H groups in total. The molecule has 0 aromatic carbocycles. The van der Waals surface area contributed by atoms with Crippen LogP contribution in [0.15, 0.2) is 0 Å². The largest absolute Gasteiger partial charge is 0.466 e. The Kier molecular flexibility index (Phi) is 28.1. The SMILES string of the molecule is CCCCCCCCCCCCCC(=O)OCCCCCCCCCCCCCCC(O)CO. The van der Waals surface area contributed by atoms with Crippen LogP contribution in [0.2, 0.25) is 0 Å². The highest BCUT2D eigenvalue weighted by Gasteiger charge is 2.03. The maximum atomic E-state index is 11.8. The molecule has 0 aliphatic carbocycles. The Morgan fingerprint density at radius 1 is 0.588 bits per heavy atom. The second kappa shape index (κ2) is 28.6. The first-order valence-corrected chi connectivity index (χ1v) is 15.1. The number of ether oxygens (including phenoxy) is 1. The molecule has 0 heterocycles. The maximum absolute atomic E-state index is 11.8. The highest BCUT2D eigenvalue weighted by atomic mass is 16.5. The van der Waals surface area contributed by atoms with E-state index in [9.17, 15) is 9.90 Å². The zero-order chi connectivity index (χ0) is 25.0. The molecule has 0 bridgehead atoms. The van der Waals surface area contributed by atoms with E-state index in [1.54, 1.807) is 0 Å². The van der Waals surface area contributed by atoms with Gasteiger partial charge in [-0.25, -0.2) is 0 Å². The van der Waals surface area contributed by atoms with E-state index in [0.717, 1.165) is 25.7 Å². The molecule has 4 nitrogen and oxygen atoms in total. The summed E-state index contributed by atoms with van der Waals surface area (Å²) in [6.07, 6.45) is 30.0. The van der Waals surface area contributed by atoms with E-state index in [2.05, 4.69) is 6.92 Å². The van der Waals surface area contributed by atoms with Crippen LogP contribution in [-0.4, -0.2) is 35.5 Å². The minimum absolute atomic E-state index is 0.000462. The molecule has 0 amide bonds. The van der Waals surface area contributed by atoms with Gasteiger partial charge in [0.25, 0.3) is 0 Å². The van der Waals surface area contributed by atoms with Gasteiger partial charge in [-0.1, -0.05) is 142 Å². The van der Waals surface area contributed by atoms with Gasteiger partial charge >= 0.3 is 5.97 Å². The highest BCUT2D eigenvalue weighted by Crippen LogP contribution is 2.14. The smallest absolute Gasteiger partial charge is 0.305 e. The molecule has 34 heavy (non-hydrogen) atoms. The molecule has 0 spiro atoms. The molecule has 0 aromatic heterocycles. The molecular weight excluding hydrogens is 424 g/mol. The lowest BCUT2D eigenvalue weighted by Gasteiger charge is -2.06.